The summed E-state index contributed by atoms with van der Waals surface area (Å²) in [6.07, 6.45) is 1.58. The Hall–Kier alpha value is -3.10. The van der Waals surface area contributed by atoms with Gasteiger partial charge in [0.25, 0.3) is 11.8 Å². The van der Waals surface area contributed by atoms with Gasteiger partial charge in [0, 0.05) is 23.2 Å². The molecule has 0 saturated carbocycles. The third-order valence-corrected chi connectivity index (χ3v) is 7.77. The van der Waals surface area contributed by atoms with Crippen molar-refractivity contribution in [1.82, 2.24) is 15.2 Å². The van der Waals surface area contributed by atoms with E-state index in [4.69, 9.17) is 4.42 Å². The minimum absolute atomic E-state index is 0.0302. The van der Waals surface area contributed by atoms with E-state index in [2.05, 4.69) is 10.3 Å². The smallest absolute Gasteiger partial charge is 0.267 e. The second-order valence-corrected chi connectivity index (χ2v) is 10.3. The molecule has 6 nitrogen and oxygen atoms in total. The summed E-state index contributed by atoms with van der Waals surface area (Å²) in [6.45, 7) is 4.35. The molecule has 0 aliphatic carbocycles. The quantitative estimate of drug-likeness (QED) is 0.432. The fraction of sp³-hybridized carbons (Fsp3) is 0.240. The van der Waals surface area contributed by atoms with Crippen LogP contribution in [0.4, 0.5) is 0 Å². The topological polar surface area (TPSA) is 75.4 Å². The Balaban J connectivity index is 1.33. The first-order chi connectivity index (χ1) is 16.0. The average Bonchev–Trinajstić information content (AvgIpc) is 3.56. The van der Waals surface area contributed by atoms with Crippen LogP contribution in [-0.4, -0.2) is 45.9 Å². The number of amides is 2. The number of hydrogen-bond acceptors (Lipinski definition) is 6. The van der Waals surface area contributed by atoms with Gasteiger partial charge < -0.3 is 14.6 Å². The summed E-state index contributed by atoms with van der Waals surface area (Å²) in [5, 5.41) is 4.66. The summed E-state index contributed by atoms with van der Waals surface area (Å²) < 4.78 is 5.40. The molecule has 2 aromatic heterocycles. The molecule has 0 bridgehead atoms. The molecular weight excluding hydrogens is 454 g/mol. The predicted molar refractivity (Wildman–Crippen MR) is 133 cm³/mol. The molecule has 2 amide bonds. The van der Waals surface area contributed by atoms with Crippen molar-refractivity contribution in [3.05, 3.63) is 75.8 Å². The van der Waals surface area contributed by atoms with Crippen LogP contribution in [0.15, 0.2) is 59.2 Å². The summed E-state index contributed by atoms with van der Waals surface area (Å²) in [7, 11) is 0. The van der Waals surface area contributed by atoms with Gasteiger partial charge in [0.15, 0.2) is 0 Å². The molecule has 1 saturated heterocycles. The van der Waals surface area contributed by atoms with Crippen molar-refractivity contribution < 1.29 is 14.0 Å². The number of carbonyl (C=O) groups is 2. The van der Waals surface area contributed by atoms with Crippen molar-refractivity contribution >= 4 is 45.9 Å². The second kappa shape index (κ2) is 9.03. The molecule has 33 heavy (non-hydrogen) atoms. The van der Waals surface area contributed by atoms with Gasteiger partial charge in [-0.25, -0.2) is 4.98 Å². The number of benzene rings is 2. The average molecular weight is 478 g/mol. The van der Waals surface area contributed by atoms with Gasteiger partial charge in [-0.1, -0.05) is 35.9 Å². The lowest BCUT2D eigenvalue weighted by atomic mass is 10.1. The van der Waals surface area contributed by atoms with E-state index in [-0.39, 0.29) is 17.9 Å². The normalized spacial score (nSPS) is 15.8. The van der Waals surface area contributed by atoms with Crippen molar-refractivity contribution in [3.63, 3.8) is 0 Å². The zero-order chi connectivity index (χ0) is 22.9. The zero-order valence-electron chi connectivity index (χ0n) is 18.3. The van der Waals surface area contributed by atoms with E-state index in [1.165, 1.54) is 11.3 Å². The number of fused-ring (bicyclic) bond motifs is 1. The fourth-order valence-electron chi connectivity index (χ4n) is 3.98. The molecule has 0 radical (unpaired) electrons. The highest BCUT2D eigenvalue weighted by Crippen LogP contribution is 2.32. The Bertz CT molecular complexity index is 1330. The first kappa shape index (κ1) is 21.7. The third-order valence-electron chi connectivity index (χ3n) is 5.73. The number of thioether (sulfide) groups is 1. The van der Waals surface area contributed by atoms with Crippen LogP contribution in [0.2, 0.25) is 0 Å². The van der Waals surface area contributed by atoms with Crippen LogP contribution >= 0.6 is 23.1 Å². The number of rotatable bonds is 5. The number of nitrogens with one attached hydrogen (secondary N) is 1. The molecule has 0 spiro atoms. The molecule has 1 fully saturated rings. The monoisotopic (exact) mass is 477 g/mol. The van der Waals surface area contributed by atoms with Crippen LogP contribution in [0, 0.1) is 13.8 Å². The maximum absolute atomic E-state index is 13.5. The Kier molecular flexibility index (Phi) is 5.95. The molecule has 3 heterocycles. The summed E-state index contributed by atoms with van der Waals surface area (Å²) >= 11 is 3.12. The number of furan rings is 1. The van der Waals surface area contributed by atoms with Crippen LogP contribution in [0.1, 0.15) is 30.6 Å². The van der Waals surface area contributed by atoms with Gasteiger partial charge in [-0.3, -0.25) is 9.59 Å². The molecule has 1 N–H and O–H groups in total. The van der Waals surface area contributed by atoms with Crippen molar-refractivity contribution in [1.29, 1.82) is 0 Å². The summed E-state index contributed by atoms with van der Waals surface area (Å²) in [5.41, 5.74) is 4.09. The van der Waals surface area contributed by atoms with Gasteiger partial charge in [-0.15, -0.1) is 23.1 Å². The minimum atomic E-state index is -0.166. The van der Waals surface area contributed by atoms with Crippen LogP contribution in [-0.2, 0) is 0 Å². The van der Waals surface area contributed by atoms with Crippen LogP contribution in [0.25, 0.3) is 22.2 Å². The summed E-state index contributed by atoms with van der Waals surface area (Å²) in [4.78, 5) is 33.6. The second-order valence-electron chi connectivity index (χ2n) is 8.05. The van der Waals surface area contributed by atoms with Crippen molar-refractivity contribution in [2.24, 2.45) is 0 Å². The van der Waals surface area contributed by atoms with E-state index in [0.29, 0.717) is 28.4 Å². The maximum Gasteiger partial charge on any atom is 0.267 e. The van der Waals surface area contributed by atoms with Crippen LogP contribution < -0.4 is 5.32 Å². The molecule has 1 aliphatic heterocycles. The Morgan fingerprint density at radius 1 is 1.15 bits per heavy atom. The van der Waals surface area contributed by atoms with Crippen molar-refractivity contribution in [2.45, 2.75) is 19.9 Å². The fourth-order valence-corrected chi connectivity index (χ4v) is 6.08. The first-order valence-corrected chi connectivity index (χ1v) is 12.7. The summed E-state index contributed by atoms with van der Waals surface area (Å²) in [5.74, 6) is 1.18. The molecule has 0 unspecified atom stereocenters. The van der Waals surface area contributed by atoms with E-state index in [1.807, 2.05) is 49.1 Å². The van der Waals surface area contributed by atoms with E-state index in [9.17, 15) is 9.59 Å². The zero-order valence-corrected chi connectivity index (χ0v) is 20.0. The number of nitrogens with zero attached hydrogens (tertiary/aromatic N) is 2. The Morgan fingerprint density at radius 2 is 1.97 bits per heavy atom. The van der Waals surface area contributed by atoms with Gasteiger partial charge in [0.05, 0.1) is 34.4 Å². The third kappa shape index (κ3) is 4.28. The molecule has 2 aromatic carbocycles. The van der Waals surface area contributed by atoms with Gasteiger partial charge in [-0.05, 0) is 32.0 Å². The lowest BCUT2D eigenvalue weighted by molar-refractivity contribution is 0.0741. The van der Waals surface area contributed by atoms with Crippen molar-refractivity contribution in [2.75, 3.05) is 18.2 Å². The van der Waals surface area contributed by atoms with Crippen LogP contribution in [0.5, 0.6) is 0 Å². The Labute approximate surface area is 200 Å². The number of aromatic nitrogens is 1. The minimum Gasteiger partial charge on any atom is -0.464 e. The number of hydrogen-bond donors (Lipinski definition) is 1. The van der Waals surface area contributed by atoms with Gasteiger partial charge in [0.1, 0.15) is 10.5 Å². The molecule has 1 aliphatic rings. The molecular formula is C25H23N3O3S2. The van der Waals surface area contributed by atoms with Crippen LogP contribution in [0.3, 0.4) is 0 Å². The molecule has 8 heteroatoms. The highest BCUT2D eigenvalue weighted by Gasteiger charge is 2.33. The SMILES string of the molecule is Cc1ccc(-c2nc(C)sc2C(=O)N2CSC[C@H]2CNC(=O)c2cccc3occc23)cc1. The summed E-state index contributed by atoms with van der Waals surface area (Å²) in [6, 6.07) is 15.2. The van der Waals surface area contributed by atoms with Crippen molar-refractivity contribution in [3.8, 4) is 11.3 Å². The lowest BCUT2D eigenvalue weighted by Crippen LogP contribution is -2.44. The lowest BCUT2D eigenvalue weighted by Gasteiger charge is -2.24. The van der Waals surface area contributed by atoms with E-state index < -0.39 is 0 Å². The number of aryl methyl sites for hydroxylation is 2. The maximum atomic E-state index is 13.5. The Morgan fingerprint density at radius 3 is 2.79 bits per heavy atom. The van der Waals surface area contributed by atoms with Gasteiger partial charge in [-0.2, -0.15) is 0 Å². The first-order valence-electron chi connectivity index (χ1n) is 10.7. The van der Waals surface area contributed by atoms with E-state index in [1.54, 1.807) is 36.2 Å². The van der Waals surface area contributed by atoms with E-state index in [0.717, 1.165) is 33.0 Å². The van der Waals surface area contributed by atoms with Gasteiger partial charge in [0.2, 0.25) is 0 Å². The highest BCUT2D eigenvalue weighted by molar-refractivity contribution is 7.99. The highest BCUT2D eigenvalue weighted by atomic mass is 32.2. The predicted octanol–water partition coefficient (Wildman–Crippen LogP) is 5.12. The van der Waals surface area contributed by atoms with E-state index >= 15 is 0 Å². The molecule has 168 valence electrons. The molecule has 1 atom stereocenters. The van der Waals surface area contributed by atoms with Gasteiger partial charge >= 0.3 is 0 Å². The molecule has 4 aromatic rings. The molecule has 5 rings (SSSR count). The standard InChI is InChI=1S/C25H23N3O3S2/c1-15-6-8-17(9-7-15)22-23(33-16(2)27-22)25(30)28-14-32-13-18(28)12-26-24(29)20-4-3-5-21-19(20)10-11-31-21/h3-11,18H,12-14H2,1-2H3,(H,26,29)/t18-/m1/s1. The largest absolute Gasteiger partial charge is 0.464 e. The number of thiazole rings is 1. The number of carbonyl (C=O) groups excluding carboxylic acids is 2.